The van der Waals surface area contributed by atoms with Crippen LogP contribution >= 0.6 is 46.4 Å². The number of carbonyl (C=O) groups is 2. The maximum atomic E-state index is 13.7. The first kappa shape index (κ1) is 35.2. The molecular weight excluding hydrogens is 672 g/mol. The van der Waals surface area contributed by atoms with E-state index in [1.54, 1.807) is 24.4 Å². The molecule has 4 aromatic rings. The average molecular weight is 710 g/mol. The number of nitrogens with one attached hydrogen (secondary N) is 4. The summed E-state index contributed by atoms with van der Waals surface area (Å²) in [5.41, 5.74) is 10.6. The average Bonchev–Trinajstić information content (AvgIpc) is 3.62. The van der Waals surface area contributed by atoms with Gasteiger partial charge in [-0.2, -0.15) is 0 Å². The molecule has 246 valence electrons. The topological polar surface area (TPSA) is 148 Å². The van der Waals surface area contributed by atoms with Crippen LogP contribution in [0, 0.1) is 5.41 Å². The van der Waals surface area contributed by atoms with Crippen LogP contribution < -0.4 is 26.2 Å². The molecule has 0 aliphatic carbocycles. The van der Waals surface area contributed by atoms with Crippen molar-refractivity contribution in [3.05, 3.63) is 59.8 Å². The van der Waals surface area contributed by atoms with Gasteiger partial charge in [-0.1, -0.05) is 0 Å². The van der Waals surface area contributed by atoms with Gasteiger partial charge in [-0.05, 0) is 42.5 Å². The molecule has 2 aromatic heterocycles. The van der Waals surface area contributed by atoms with Crippen molar-refractivity contribution in [2.45, 2.75) is 6.42 Å². The third kappa shape index (κ3) is 9.00. The number of hydrogen-bond donors (Lipinski definition) is 5. The molecule has 15 heteroatoms. The smallest absolute Gasteiger partial charge is 0.255 e. The second-order valence-corrected chi connectivity index (χ2v) is 12.0. The van der Waals surface area contributed by atoms with E-state index in [0.717, 1.165) is 17.1 Å². The number of halogens is 4. The minimum Gasteiger partial charge on any atom is -0.388 e. The number of imidazole rings is 1. The highest BCUT2D eigenvalue weighted by Gasteiger charge is 2.18. The van der Waals surface area contributed by atoms with Gasteiger partial charge >= 0.3 is 0 Å². The zero-order valence-corrected chi connectivity index (χ0v) is 28.4. The summed E-state index contributed by atoms with van der Waals surface area (Å²) in [5.74, 6) is 1.64. The maximum absolute atomic E-state index is 13.7. The van der Waals surface area contributed by atoms with E-state index in [1.807, 2.05) is 45.7 Å². The van der Waals surface area contributed by atoms with E-state index in [4.69, 9.17) is 62.5 Å². The monoisotopic (exact) mass is 707 g/mol. The van der Waals surface area contributed by atoms with Gasteiger partial charge in [-0.15, -0.1) is 46.4 Å². The van der Waals surface area contributed by atoms with Crippen LogP contribution in [0.5, 0.6) is 0 Å². The van der Waals surface area contributed by atoms with Crippen LogP contribution in [0.25, 0.3) is 22.6 Å². The molecule has 2 heterocycles. The number of carbonyl (C=O) groups excluding carboxylic acids is 2. The van der Waals surface area contributed by atoms with Gasteiger partial charge in [0.2, 0.25) is 0 Å². The van der Waals surface area contributed by atoms with Crippen molar-refractivity contribution < 1.29 is 9.59 Å². The Morgan fingerprint density at radius 1 is 0.891 bits per heavy atom. The zero-order valence-electron chi connectivity index (χ0n) is 25.4. The number of anilines is 3. The lowest BCUT2D eigenvalue weighted by atomic mass is 10.1. The normalized spacial score (nSPS) is 11.1. The second kappa shape index (κ2) is 16.8. The van der Waals surface area contributed by atoms with Crippen LogP contribution in [0.2, 0.25) is 0 Å². The van der Waals surface area contributed by atoms with Gasteiger partial charge in [0.05, 0.1) is 28.3 Å². The Hall–Kier alpha value is -3.64. The quantitative estimate of drug-likeness (QED) is 0.0560. The van der Waals surface area contributed by atoms with Gasteiger partial charge in [0.1, 0.15) is 0 Å². The van der Waals surface area contributed by atoms with Crippen LogP contribution in [0.3, 0.4) is 0 Å². The van der Waals surface area contributed by atoms with Gasteiger partial charge in [-0.3, -0.25) is 15.0 Å². The molecule has 0 atom stereocenters. The zero-order chi connectivity index (χ0) is 33.2. The number of hydrogen-bond acceptors (Lipinski definition) is 6. The number of alkyl halides is 4. The van der Waals surface area contributed by atoms with Gasteiger partial charge in [-0.25, -0.2) is 4.98 Å². The number of aromatic amines is 1. The fourth-order valence-corrected chi connectivity index (χ4v) is 5.81. The van der Waals surface area contributed by atoms with E-state index < -0.39 is 0 Å². The molecule has 0 radical (unpaired) electrons. The molecule has 0 spiro atoms. The molecule has 0 bridgehead atoms. The Bertz CT molecular complexity index is 1630. The number of H-pyrrole nitrogens is 1. The standard InChI is InChI=1S/C31H37Cl4N9O2/c1-42-19-22(17-27(42)29-40-25-3-2-20(16-26(25)41-29)30(45)38-9-4-28(36)37)39-31(46)21-14-23(43(10-5-32)11-6-33)18-24(15-21)44(12-7-34)13-8-35/h2-3,14-19H,4-13H2,1H3,(H3,36,37)(H,38,45)(H,39,46)(H,40,41). The third-order valence-corrected chi connectivity index (χ3v) is 7.92. The summed E-state index contributed by atoms with van der Waals surface area (Å²) >= 11 is 24.4. The van der Waals surface area contributed by atoms with Crippen molar-refractivity contribution in [1.29, 1.82) is 5.41 Å². The first-order chi connectivity index (χ1) is 22.2. The van der Waals surface area contributed by atoms with Crippen LogP contribution in [0.15, 0.2) is 48.7 Å². The van der Waals surface area contributed by atoms with E-state index >= 15 is 0 Å². The Kier molecular flexibility index (Phi) is 12.8. The van der Waals surface area contributed by atoms with Gasteiger partial charge in [0.25, 0.3) is 11.8 Å². The highest BCUT2D eigenvalue weighted by atomic mass is 35.5. The first-order valence-electron chi connectivity index (χ1n) is 14.6. The van der Waals surface area contributed by atoms with Crippen molar-refractivity contribution in [2.75, 3.05) is 71.4 Å². The Balaban J connectivity index is 1.59. The summed E-state index contributed by atoms with van der Waals surface area (Å²) in [6.45, 7) is 2.54. The molecule has 0 saturated carbocycles. The predicted octanol–water partition coefficient (Wildman–Crippen LogP) is 5.44. The summed E-state index contributed by atoms with van der Waals surface area (Å²) in [6.07, 6.45) is 2.09. The van der Waals surface area contributed by atoms with E-state index in [0.29, 0.717) is 83.4 Å². The van der Waals surface area contributed by atoms with E-state index in [9.17, 15) is 9.59 Å². The van der Waals surface area contributed by atoms with Crippen LogP contribution in [0.4, 0.5) is 17.1 Å². The number of aryl methyl sites for hydroxylation is 1. The lowest BCUT2D eigenvalue weighted by molar-refractivity contribution is 0.0954. The van der Waals surface area contributed by atoms with Crippen molar-refractivity contribution >= 4 is 92.1 Å². The molecule has 2 aromatic carbocycles. The Labute approximate surface area is 287 Å². The predicted molar refractivity (Wildman–Crippen MR) is 191 cm³/mol. The SMILES string of the molecule is Cn1cc(NC(=O)c2cc(N(CCCl)CCCl)cc(N(CCCl)CCCl)c2)cc1-c1nc2ccc(C(=O)NCCC(=N)N)cc2[nH]1. The number of benzene rings is 2. The number of fused-ring (bicyclic) bond motifs is 1. The van der Waals surface area contributed by atoms with Crippen molar-refractivity contribution in [2.24, 2.45) is 12.8 Å². The minimum atomic E-state index is -0.293. The number of amidine groups is 1. The van der Waals surface area contributed by atoms with Gasteiger partial charge in [0, 0.05) is 98.4 Å². The highest BCUT2D eigenvalue weighted by molar-refractivity contribution is 6.19. The fraction of sp³-hybridized carbons (Fsp3) is 0.355. The summed E-state index contributed by atoms with van der Waals surface area (Å²) in [6, 6.07) is 12.7. The molecule has 46 heavy (non-hydrogen) atoms. The van der Waals surface area contributed by atoms with Crippen LogP contribution in [0.1, 0.15) is 27.1 Å². The second-order valence-electron chi connectivity index (χ2n) is 10.5. The molecule has 2 amide bonds. The summed E-state index contributed by atoms with van der Waals surface area (Å²) in [5, 5.41) is 13.1. The van der Waals surface area contributed by atoms with E-state index in [-0.39, 0.29) is 30.6 Å². The van der Waals surface area contributed by atoms with Crippen molar-refractivity contribution in [1.82, 2.24) is 19.9 Å². The number of rotatable bonds is 17. The minimum absolute atomic E-state index is 0.0118. The molecule has 0 unspecified atom stereocenters. The molecule has 4 rings (SSSR count). The summed E-state index contributed by atoms with van der Waals surface area (Å²) in [7, 11) is 1.86. The number of aromatic nitrogens is 3. The lowest BCUT2D eigenvalue weighted by Crippen LogP contribution is -2.30. The first-order valence-corrected chi connectivity index (χ1v) is 16.8. The molecule has 0 fully saturated rings. The molecule has 0 aliphatic heterocycles. The maximum Gasteiger partial charge on any atom is 0.255 e. The van der Waals surface area contributed by atoms with Gasteiger partial charge in [0.15, 0.2) is 5.82 Å². The summed E-state index contributed by atoms with van der Waals surface area (Å²) in [4.78, 5) is 38.3. The van der Waals surface area contributed by atoms with Gasteiger partial charge < -0.3 is 35.7 Å². The molecule has 0 aliphatic rings. The van der Waals surface area contributed by atoms with Crippen LogP contribution in [-0.2, 0) is 7.05 Å². The van der Waals surface area contributed by atoms with E-state index in [1.165, 1.54) is 0 Å². The third-order valence-electron chi connectivity index (χ3n) is 7.24. The molecule has 0 saturated heterocycles. The molecule has 6 N–H and O–H groups in total. The molecule has 11 nitrogen and oxygen atoms in total. The fourth-order valence-electron chi connectivity index (χ4n) is 5.00. The Morgan fingerprint density at radius 3 is 2.07 bits per heavy atom. The van der Waals surface area contributed by atoms with Crippen molar-refractivity contribution in [3.8, 4) is 11.5 Å². The van der Waals surface area contributed by atoms with Crippen molar-refractivity contribution in [3.63, 3.8) is 0 Å². The Morgan fingerprint density at radius 2 is 1.50 bits per heavy atom. The number of nitrogens with two attached hydrogens (primary N) is 1. The number of nitrogens with zero attached hydrogens (tertiary/aromatic N) is 4. The summed E-state index contributed by atoms with van der Waals surface area (Å²) < 4.78 is 1.86. The highest BCUT2D eigenvalue weighted by Crippen LogP contribution is 2.29. The largest absolute Gasteiger partial charge is 0.388 e. The molecular formula is C31H37Cl4N9O2. The van der Waals surface area contributed by atoms with Crippen LogP contribution in [-0.4, -0.2) is 88.4 Å². The number of amides is 2. The van der Waals surface area contributed by atoms with E-state index in [2.05, 4.69) is 15.6 Å². The lowest BCUT2D eigenvalue weighted by Gasteiger charge is -2.28.